The van der Waals surface area contributed by atoms with Crippen LogP contribution in [0.4, 0.5) is 0 Å². The van der Waals surface area contributed by atoms with Gasteiger partial charge in [0.1, 0.15) is 4.99 Å². The van der Waals surface area contributed by atoms with Crippen molar-refractivity contribution in [2.45, 2.75) is 6.54 Å². The van der Waals surface area contributed by atoms with Gasteiger partial charge in [0.05, 0.1) is 6.54 Å². The second kappa shape index (κ2) is 4.88. The molecule has 1 aromatic carbocycles. The van der Waals surface area contributed by atoms with Crippen LogP contribution in [-0.2, 0) is 6.54 Å². The van der Waals surface area contributed by atoms with Crippen molar-refractivity contribution in [3.63, 3.8) is 0 Å². The summed E-state index contributed by atoms with van der Waals surface area (Å²) in [7, 11) is 0. The minimum atomic E-state index is -0.148. The Bertz CT molecular complexity index is 606. The first-order valence-corrected chi connectivity index (χ1v) is 5.49. The Morgan fingerprint density at radius 1 is 1.29 bits per heavy atom. The van der Waals surface area contributed by atoms with E-state index in [-0.39, 0.29) is 5.56 Å². The van der Waals surface area contributed by atoms with Gasteiger partial charge in [-0.05, 0) is 11.6 Å². The topological polar surface area (TPSA) is 60.9 Å². The van der Waals surface area contributed by atoms with Gasteiger partial charge >= 0.3 is 0 Å². The quantitative estimate of drug-likeness (QED) is 0.817. The maximum Gasteiger partial charge on any atom is 0.267 e. The lowest BCUT2D eigenvalue weighted by Gasteiger charge is -2.08. The molecule has 5 heteroatoms. The van der Waals surface area contributed by atoms with Crippen LogP contribution in [0.2, 0.25) is 0 Å². The van der Waals surface area contributed by atoms with Crippen LogP contribution in [0, 0.1) is 0 Å². The van der Waals surface area contributed by atoms with E-state index in [0.29, 0.717) is 11.5 Å². The van der Waals surface area contributed by atoms with Crippen LogP contribution >= 0.6 is 12.2 Å². The predicted molar refractivity (Wildman–Crippen MR) is 69.9 cm³/mol. The maximum absolute atomic E-state index is 11.5. The van der Waals surface area contributed by atoms with E-state index in [1.165, 1.54) is 10.7 Å². The standard InChI is InChI=1S/C12H11N3OS/c13-12(17)10-5-2-1-4-9(10)8-15-11(16)6-3-7-14-15/h1-7H,8H2,(H2,13,17). The molecule has 0 aliphatic rings. The first-order chi connectivity index (χ1) is 8.18. The minimum absolute atomic E-state index is 0.148. The van der Waals surface area contributed by atoms with Crippen LogP contribution in [-0.4, -0.2) is 14.8 Å². The molecule has 0 saturated carbocycles. The van der Waals surface area contributed by atoms with E-state index in [1.807, 2.05) is 24.3 Å². The van der Waals surface area contributed by atoms with Crippen molar-refractivity contribution in [2.75, 3.05) is 0 Å². The fourth-order valence-electron chi connectivity index (χ4n) is 1.57. The third-order valence-electron chi connectivity index (χ3n) is 2.39. The molecule has 4 nitrogen and oxygen atoms in total. The molecule has 2 N–H and O–H groups in total. The van der Waals surface area contributed by atoms with Gasteiger partial charge < -0.3 is 5.73 Å². The van der Waals surface area contributed by atoms with Crippen molar-refractivity contribution in [1.82, 2.24) is 9.78 Å². The summed E-state index contributed by atoms with van der Waals surface area (Å²) in [6, 6.07) is 10.5. The zero-order valence-electron chi connectivity index (χ0n) is 9.04. The Balaban J connectivity index is 2.40. The van der Waals surface area contributed by atoms with Crippen molar-refractivity contribution >= 4 is 17.2 Å². The van der Waals surface area contributed by atoms with Gasteiger partial charge in [-0.2, -0.15) is 5.10 Å². The molecule has 1 aromatic heterocycles. The molecule has 0 fully saturated rings. The molecule has 0 radical (unpaired) electrons. The molecule has 0 aliphatic carbocycles. The van der Waals surface area contributed by atoms with E-state index >= 15 is 0 Å². The molecule has 0 bridgehead atoms. The predicted octanol–water partition coefficient (Wildman–Crippen LogP) is 0.926. The zero-order valence-corrected chi connectivity index (χ0v) is 9.85. The molecule has 17 heavy (non-hydrogen) atoms. The number of nitrogens with two attached hydrogens (primary N) is 1. The molecule has 0 aliphatic heterocycles. The Kier molecular flexibility index (Phi) is 3.30. The number of nitrogens with zero attached hydrogens (tertiary/aromatic N) is 2. The summed E-state index contributed by atoms with van der Waals surface area (Å²) in [5.41, 5.74) is 7.15. The van der Waals surface area contributed by atoms with E-state index in [2.05, 4.69) is 5.10 Å². The summed E-state index contributed by atoms with van der Waals surface area (Å²) < 4.78 is 1.37. The first-order valence-electron chi connectivity index (χ1n) is 5.08. The summed E-state index contributed by atoms with van der Waals surface area (Å²) in [5, 5.41) is 3.99. The summed E-state index contributed by atoms with van der Waals surface area (Å²) >= 11 is 4.97. The molecule has 86 valence electrons. The molecule has 2 rings (SSSR count). The number of aromatic nitrogens is 2. The van der Waals surface area contributed by atoms with Gasteiger partial charge in [0.2, 0.25) is 0 Å². The Morgan fingerprint density at radius 2 is 2.06 bits per heavy atom. The average Bonchev–Trinajstić information content (AvgIpc) is 2.32. The molecule has 0 amide bonds. The van der Waals surface area contributed by atoms with Crippen molar-refractivity contribution < 1.29 is 0 Å². The number of thiocarbonyl (C=S) groups is 1. The number of hydrogen-bond donors (Lipinski definition) is 1. The van der Waals surface area contributed by atoms with E-state index in [9.17, 15) is 4.79 Å². The average molecular weight is 245 g/mol. The van der Waals surface area contributed by atoms with E-state index < -0.39 is 0 Å². The van der Waals surface area contributed by atoms with Crippen molar-refractivity contribution in [2.24, 2.45) is 5.73 Å². The second-order valence-electron chi connectivity index (χ2n) is 3.54. The molecule has 2 aromatic rings. The van der Waals surface area contributed by atoms with Gasteiger partial charge in [-0.1, -0.05) is 36.5 Å². The minimum Gasteiger partial charge on any atom is -0.389 e. The Labute approximate surface area is 104 Å². The summed E-state index contributed by atoms with van der Waals surface area (Å²) in [5.74, 6) is 0. The third kappa shape index (κ3) is 2.57. The third-order valence-corrected chi connectivity index (χ3v) is 2.61. The largest absolute Gasteiger partial charge is 0.389 e. The smallest absolute Gasteiger partial charge is 0.267 e. The molecule has 1 heterocycles. The van der Waals surface area contributed by atoms with Gasteiger partial charge in [0.15, 0.2) is 0 Å². The zero-order chi connectivity index (χ0) is 12.3. The Morgan fingerprint density at radius 3 is 2.76 bits per heavy atom. The fourth-order valence-corrected chi connectivity index (χ4v) is 1.77. The lowest BCUT2D eigenvalue weighted by Crippen LogP contribution is -2.23. The second-order valence-corrected chi connectivity index (χ2v) is 3.98. The van der Waals surface area contributed by atoms with Crippen LogP contribution in [0.25, 0.3) is 0 Å². The van der Waals surface area contributed by atoms with Gasteiger partial charge in [-0.15, -0.1) is 0 Å². The van der Waals surface area contributed by atoms with Crippen molar-refractivity contribution in [3.05, 3.63) is 64.1 Å². The lowest BCUT2D eigenvalue weighted by atomic mass is 10.1. The summed E-state index contributed by atoms with van der Waals surface area (Å²) in [6.07, 6.45) is 1.57. The highest BCUT2D eigenvalue weighted by Gasteiger charge is 2.05. The van der Waals surface area contributed by atoms with Crippen molar-refractivity contribution in [1.29, 1.82) is 0 Å². The van der Waals surface area contributed by atoms with Crippen LogP contribution in [0.3, 0.4) is 0 Å². The Hall–Kier alpha value is -2.01. The molecular weight excluding hydrogens is 234 g/mol. The molecule has 0 spiro atoms. The SMILES string of the molecule is NC(=S)c1ccccc1Cn1ncccc1=O. The highest BCUT2D eigenvalue weighted by Crippen LogP contribution is 2.09. The van der Waals surface area contributed by atoms with Crippen molar-refractivity contribution in [3.8, 4) is 0 Å². The maximum atomic E-state index is 11.5. The van der Waals surface area contributed by atoms with E-state index in [1.54, 1.807) is 12.3 Å². The van der Waals surface area contributed by atoms with Gasteiger partial charge in [-0.3, -0.25) is 4.79 Å². The van der Waals surface area contributed by atoms with Crippen LogP contribution in [0.15, 0.2) is 47.4 Å². The molecule has 0 unspecified atom stereocenters. The molecule has 0 saturated heterocycles. The van der Waals surface area contributed by atoms with E-state index in [4.69, 9.17) is 18.0 Å². The monoisotopic (exact) mass is 245 g/mol. The lowest BCUT2D eigenvalue weighted by molar-refractivity contribution is 0.638. The fraction of sp³-hybridized carbons (Fsp3) is 0.0833. The molecule has 0 atom stereocenters. The van der Waals surface area contributed by atoms with Crippen LogP contribution in [0.1, 0.15) is 11.1 Å². The summed E-state index contributed by atoms with van der Waals surface area (Å²) in [4.78, 5) is 11.9. The van der Waals surface area contributed by atoms with Gasteiger partial charge in [0, 0.05) is 17.8 Å². The number of hydrogen-bond acceptors (Lipinski definition) is 3. The highest BCUT2D eigenvalue weighted by molar-refractivity contribution is 7.80. The summed E-state index contributed by atoms with van der Waals surface area (Å²) in [6.45, 7) is 0.368. The van der Waals surface area contributed by atoms with Gasteiger partial charge in [-0.25, -0.2) is 4.68 Å². The first kappa shape index (κ1) is 11.5. The van der Waals surface area contributed by atoms with Crippen LogP contribution < -0.4 is 11.3 Å². The molecular formula is C12H11N3OS. The van der Waals surface area contributed by atoms with Crippen LogP contribution in [0.5, 0.6) is 0 Å². The van der Waals surface area contributed by atoms with E-state index in [0.717, 1.165) is 11.1 Å². The van der Waals surface area contributed by atoms with Gasteiger partial charge in [0.25, 0.3) is 5.56 Å². The number of rotatable bonds is 3. The normalized spacial score (nSPS) is 10.1. The highest BCUT2D eigenvalue weighted by atomic mass is 32.1. The number of benzene rings is 1.